The standard InChI is InChI=1S/C14H22O3/c1-9(2)10(3)14(15)13-11(16-4)7-6-8-12(13)17-5/h6-10,14-15H,1-5H3. The molecule has 1 N–H and O–H groups in total. The van der Waals surface area contributed by atoms with Gasteiger partial charge in [0.05, 0.1) is 25.9 Å². The summed E-state index contributed by atoms with van der Waals surface area (Å²) in [6.07, 6.45) is -0.582. The van der Waals surface area contributed by atoms with Gasteiger partial charge in [0.2, 0.25) is 0 Å². The summed E-state index contributed by atoms with van der Waals surface area (Å²) in [5.41, 5.74) is 0.735. The van der Waals surface area contributed by atoms with Crippen molar-refractivity contribution in [2.75, 3.05) is 14.2 Å². The molecule has 17 heavy (non-hydrogen) atoms. The van der Waals surface area contributed by atoms with Crippen LogP contribution < -0.4 is 9.47 Å². The van der Waals surface area contributed by atoms with Gasteiger partial charge in [-0.3, -0.25) is 0 Å². The lowest BCUT2D eigenvalue weighted by molar-refractivity contribution is 0.0869. The molecule has 0 aliphatic rings. The predicted octanol–water partition coefficient (Wildman–Crippen LogP) is 3.03. The molecule has 0 amide bonds. The Morgan fingerprint density at radius 3 is 1.82 bits per heavy atom. The molecule has 1 aromatic rings. The highest BCUT2D eigenvalue weighted by molar-refractivity contribution is 5.46. The largest absolute Gasteiger partial charge is 0.496 e. The normalized spacial score (nSPS) is 14.5. The van der Waals surface area contributed by atoms with Crippen LogP contribution in [0.2, 0.25) is 0 Å². The molecule has 2 unspecified atom stereocenters. The summed E-state index contributed by atoms with van der Waals surface area (Å²) in [5, 5.41) is 10.4. The molecule has 0 bridgehead atoms. The van der Waals surface area contributed by atoms with Crippen LogP contribution in [-0.4, -0.2) is 19.3 Å². The Labute approximate surface area is 103 Å². The van der Waals surface area contributed by atoms with E-state index in [9.17, 15) is 5.11 Å². The zero-order valence-electron chi connectivity index (χ0n) is 11.2. The first kappa shape index (κ1) is 13.8. The van der Waals surface area contributed by atoms with Gasteiger partial charge in [0.25, 0.3) is 0 Å². The van der Waals surface area contributed by atoms with E-state index < -0.39 is 6.10 Å². The van der Waals surface area contributed by atoms with E-state index in [0.29, 0.717) is 17.4 Å². The fourth-order valence-electron chi connectivity index (χ4n) is 1.80. The molecule has 0 radical (unpaired) electrons. The van der Waals surface area contributed by atoms with E-state index in [1.165, 1.54) is 0 Å². The number of aliphatic hydroxyl groups is 1. The quantitative estimate of drug-likeness (QED) is 0.857. The monoisotopic (exact) mass is 238 g/mol. The molecule has 0 aromatic heterocycles. The second kappa shape index (κ2) is 5.92. The first-order valence-electron chi connectivity index (χ1n) is 5.91. The average molecular weight is 238 g/mol. The van der Waals surface area contributed by atoms with Crippen LogP contribution in [0.15, 0.2) is 18.2 Å². The van der Waals surface area contributed by atoms with E-state index in [1.807, 2.05) is 25.1 Å². The molecule has 1 rings (SSSR count). The summed E-state index contributed by atoms with van der Waals surface area (Å²) >= 11 is 0. The molecule has 1 aromatic carbocycles. The first-order valence-corrected chi connectivity index (χ1v) is 5.91. The Morgan fingerprint density at radius 1 is 1.00 bits per heavy atom. The molecule has 3 heteroatoms. The van der Waals surface area contributed by atoms with Crippen LogP contribution in [0.25, 0.3) is 0 Å². The Morgan fingerprint density at radius 2 is 1.47 bits per heavy atom. The molecule has 0 heterocycles. The second-order valence-corrected chi connectivity index (χ2v) is 4.62. The molecule has 96 valence electrons. The fourth-order valence-corrected chi connectivity index (χ4v) is 1.80. The third-order valence-electron chi connectivity index (χ3n) is 3.31. The van der Waals surface area contributed by atoms with Gasteiger partial charge in [-0.05, 0) is 24.0 Å². The van der Waals surface area contributed by atoms with Gasteiger partial charge in [0.1, 0.15) is 11.5 Å². The maximum atomic E-state index is 10.4. The van der Waals surface area contributed by atoms with Gasteiger partial charge in [-0.1, -0.05) is 26.8 Å². The minimum Gasteiger partial charge on any atom is -0.496 e. The van der Waals surface area contributed by atoms with E-state index in [0.717, 1.165) is 5.56 Å². The summed E-state index contributed by atoms with van der Waals surface area (Å²) < 4.78 is 10.6. The van der Waals surface area contributed by atoms with Crippen LogP contribution in [0.4, 0.5) is 0 Å². The van der Waals surface area contributed by atoms with Crippen LogP contribution in [0, 0.1) is 11.8 Å². The molecule has 3 nitrogen and oxygen atoms in total. The maximum Gasteiger partial charge on any atom is 0.128 e. The fraction of sp³-hybridized carbons (Fsp3) is 0.571. The van der Waals surface area contributed by atoms with Crippen molar-refractivity contribution in [2.45, 2.75) is 26.9 Å². The van der Waals surface area contributed by atoms with Gasteiger partial charge in [0, 0.05) is 0 Å². The molecule has 0 aliphatic heterocycles. The third kappa shape index (κ3) is 2.91. The molecule has 0 saturated heterocycles. The minimum absolute atomic E-state index is 0.139. The molecule has 2 atom stereocenters. The molecular weight excluding hydrogens is 216 g/mol. The van der Waals surface area contributed by atoms with Crippen molar-refractivity contribution >= 4 is 0 Å². The summed E-state index contributed by atoms with van der Waals surface area (Å²) in [7, 11) is 3.20. The van der Waals surface area contributed by atoms with Gasteiger partial charge < -0.3 is 14.6 Å². The molecule has 0 fully saturated rings. The van der Waals surface area contributed by atoms with E-state index in [-0.39, 0.29) is 5.92 Å². The van der Waals surface area contributed by atoms with E-state index in [2.05, 4.69) is 13.8 Å². The number of rotatable bonds is 5. The highest BCUT2D eigenvalue weighted by Gasteiger charge is 2.25. The lowest BCUT2D eigenvalue weighted by Crippen LogP contribution is -2.16. The van der Waals surface area contributed by atoms with Crippen molar-refractivity contribution in [1.29, 1.82) is 0 Å². The van der Waals surface area contributed by atoms with Crippen LogP contribution >= 0.6 is 0 Å². The number of ether oxygens (including phenoxy) is 2. The topological polar surface area (TPSA) is 38.7 Å². The van der Waals surface area contributed by atoms with Crippen molar-refractivity contribution < 1.29 is 14.6 Å². The SMILES string of the molecule is COc1cccc(OC)c1C(O)C(C)C(C)C. The summed E-state index contributed by atoms with van der Waals surface area (Å²) in [4.78, 5) is 0. The zero-order chi connectivity index (χ0) is 13.0. The van der Waals surface area contributed by atoms with Crippen LogP contribution in [0.5, 0.6) is 11.5 Å². The Bertz CT molecular complexity index is 338. The van der Waals surface area contributed by atoms with Crippen molar-refractivity contribution in [3.63, 3.8) is 0 Å². The minimum atomic E-state index is -0.582. The molecule has 0 saturated carbocycles. The average Bonchev–Trinajstić information content (AvgIpc) is 2.35. The zero-order valence-corrected chi connectivity index (χ0v) is 11.2. The highest BCUT2D eigenvalue weighted by atomic mass is 16.5. The van der Waals surface area contributed by atoms with E-state index in [4.69, 9.17) is 9.47 Å². The lowest BCUT2D eigenvalue weighted by Gasteiger charge is -2.25. The van der Waals surface area contributed by atoms with Crippen LogP contribution in [0.1, 0.15) is 32.4 Å². The van der Waals surface area contributed by atoms with Crippen LogP contribution in [-0.2, 0) is 0 Å². The van der Waals surface area contributed by atoms with Gasteiger partial charge in [0.15, 0.2) is 0 Å². The Kier molecular flexibility index (Phi) is 4.82. The van der Waals surface area contributed by atoms with Crippen LogP contribution in [0.3, 0.4) is 0 Å². The van der Waals surface area contributed by atoms with Crippen molar-refractivity contribution in [3.05, 3.63) is 23.8 Å². The van der Waals surface area contributed by atoms with Gasteiger partial charge >= 0.3 is 0 Å². The van der Waals surface area contributed by atoms with Gasteiger partial charge in [-0.25, -0.2) is 0 Å². The number of aliphatic hydroxyl groups excluding tert-OH is 1. The summed E-state index contributed by atoms with van der Waals surface area (Å²) in [6, 6.07) is 5.54. The second-order valence-electron chi connectivity index (χ2n) is 4.62. The number of benzene rings is 1. The van der Waals surface area contributed by atoms with Gasteiger partial charge in [-0.15, -0.1) is 0 Å². The van der Waals surface area contributed by atoms with Crippen molar-refractivity contribution in [3.8, 4) is 11.5 Å². The Hall–Kier alpha value is -1.22. The van der Waals surface area contributed by atoms with E-state index >= 15 is 0 Å². The molecule has 0 aliphatic carbocycles. The number of hydrogen-bond donors (Lipinski definition) is 1. The maximum absolute atomic E-state index is 10.4. The number of methoxy groups -OCH3 is 2. The highest BCUT2D eigenvalue weighted by Crippen LogP contribution is 2.39. The van der Waals surface area contributed by atoms with Crippen molar-refractivity contribution in [1.82, 2.24) is 0 Å². The third-order valence-corrected chi connectivity index (χ3v) is 3.31. The number of hydrogen-bond acceptors (Lipinski definition) is 3. The Balaban J connectivity index is 3.18. The van der Waals surface area contributed by atoms with Crippen molar-refractivity contribution in [2.24, 2.45) is 11.8 Å². The molecule has 0 spiro atoms. The first-order chi connectivity index (χ1) is 8.02. The smallest absolute Gasteiger partial charge is 0.128 e. The lowest BCUT2D eigenvalue weighted by atomic mass is 9.87. The molecular formula is C14H22O3. The summed E-state index contributed by atoms with van der Waals surface area (Å²) in [5.74, 6) is 1.87. The van der Waals surface area contributed by atoms with Gasteiger partial charge in [-0.2, -0.15) is 0 Å². The summed E-state index contributed by atoms with van der Waals surface area (Å²) in [6.45, 7) is 6.22. The predicted molar refractivity (Wildman–Crippen MR) is 68.5 cm³/mol. The van der Waals surface area contributed by atoms with E-state index in [1.54, 1.807) is 14.2 Å².